The average Bonchev–Trinajstić information content (AvgIpc) is 3.14. The van der Waals surface area contributed by atoms with E-state index >= 15 is 0 Å². The molecule has 1 saturated carbocycles. The number of nitrogens with one attached hydrogen (secondary N) is 1. The molecule has 0 aliphatic heterocycles. The summed E-state index contributed by atoms with van der Waals surface area (Å²) >= 11 is 1.29. The van der Waals surface area contributed by atoms with Gasteiger partial charge in [-0.2, -0.15) is 0 Å². The van der Waals surface area contributed by atoms with Crippen molar-refractivity contribution >= 4 is 33.0 Å². The van der Waals surface area contributed by atoms with Crippen LogP contribution in [0, 0.1) is 12.8 Å². The topological polar surface area (TPSA) is 66.5 Å². The van der Waals surface area contributed by atoms with Crippen molar-refractivity contribution in [3.05, 3.63) is 46.2 Å². The number of nitrogens with zero attached hydrogens (tertiary/aromatic N) is 1. The molecule has 1 heterocycles. The number of aryl methyl sites for hydroxylation is 1. The molecular formula is C21H28N2O3S2. The summed E-state index contributed by atoms with van der Waals surface area (Å²) in [4.78, 5) is 13.6. The second kappa shape index (κ2) is 8.66. The quantitative estimate of drug-likeness (QED) is 0.744. The molecule has 1 amide bonds. The summed E-state index contributed by atoms with van der Waals surface area (Å²) in [6.45, 7) is 6.13. The Morgan fingerprint density at radius 3 is 2.50 bits per heavy atom. The number of amides is 1. The maximum Gasteiger partial charge on any atom is 0.264 e. The van der Waals surface area contributed by atoms with Crippen LogP contribution >= 0.6 is 11.3 Å². The van der Waals surface area contributed by atoms with Crippen LogP contribution in [0.4, 0.5) is 5.69 Å². The van der Waals surface area contributed by atoms with Gasteiger partial charge in [0.25, 0.3) is 15.9 Å². The zero-order valence-corrected chi connectivity index (χ0v) is 18.3. The molecule has 1 aliphatic rings. The van der Waals surface area contributed by atoms with E-state index in [9.17, 15) is 13.2 Å². The highest BCUT2D eigenvalue weighted by Gasteiger charge is 2.30. The molecule has 1 aromatic carbocycles. The average molecular weight is 421 g/mol. The van der Waals surface area contributed by atoms with E-state index in [4.69, 9.17) is 0 Å². The third-order valence-electron chi connectivity index (χ3n) is 5.44. The van der Waals surface area contributed by atoms with E-state index in [1.54, 1.807) is 42.6 Å². The Balaban J connectivity index is 1.87. The lowest BCUT2D eigenvalue weighted by molar-refractivity contribution is 0.0915. The zero-order valence-electron chi connectivity index (χ0n) is 16.6. The normalized spacial score (nSPS) is 20.0. The summed E-state index contributed by atoms with van der Waals surface area (Å²) in [6, 6.07) is 8.67. The Bertz CT molecular complexity index is 919. The minimum absolute atomic E-state index is 0.153. The first-order valence-electron chi connectivity index (χ1n) is 9.82. The van der Waals surface area contributed by atoms with Gasteiger partial charge in [0.2, 0.25) is 0 Å². The number of carbonyl (C=O) groups is 1. The van der Waals surface area contributed by atoms with Crippen LogP contribution in [0.15, 0.2) is 40.6 Å². The molecular weight excluding hydrogens is 392 g/mol. The monoisotopic (exact) mass is 420 g/mol. The molecule has 0 bridgehead atoms. The second-order valence-corrected chi connectivity index (χ2v) is 10.2. The van der Waals surface area contributed by atoms with E-state index in [-0.39, 0.29) is 23.4 Å². The third kappa shape index (κ3) is 4.25. The minimum atomic E-state index is -3.73. The summed E-state index contributed by atoms with van der Waals surface area (Å²) in [5, 5.41) is 4.92. The lowest BCUT2D eigenvalue weighted by Gasteiger charge is -2.30. The van der Waals surface area contributed by atoms with Crippen molar-refractivity contribution < 1.29 is 13.2 Å². The van der Waals surface area contributed by atoms with Gasteiger partial charge in [-0.1, -0.05) is 37.5 Å². The van der Waals surface area contributed by atoms with Crippen LogP contribution < -0.4 is 9.62 Å². The van der Waals surface area contributed by atoms with Gasteiger partial charge < -0.3 is 5.32 Å². The summed E-state index contributed by atoms with van der Waals surface area (Å²) in [7, 11) is -3.73. The predicted octanol–water partition coefficient (Wildman–Crippen LogP) is 4.58. The van der Waals surface area contributed by atoms with E-state index in [0.717, 1.165) is 24.8 Å². The van der Waals surface area contributed by atoms with Gasteiger partial charge in [0.15, 0.2) is 0 Å². The highest BCUT2D eigenvalue weighted by atomic mass is 32.2. The van der Waals surface area contributed by atoms with Gasteiger partial charge in [0, 0.05) is 12.6 Å². The van der Waals surface area contributed by atoms with E-state index in [0.29, 0.717) is 16.5 Å². The number of hydrogen-bond acceptors (Lipinski definition) is 4. The molecule has 1 fully saturated rings. The van der Waals surface area contributed by atoms with Gasteiger partial charge >= 0.3 is 0 Å². The fourth-order valence-electron chi connectivity index (χ4n) is 3.74. The van der Waals surface area contributed by atoms with Crippen LogP contribution in [0.1, 0.15) is 54.8 Å². The van der Waals surface area contributed by atoms with E-state index in [1.165, 1.54) is 22.1 Å². The fraction of sp³-hybridized carbons (Fsp3) is 0.476. The molecule has 7 heteroatoms. The smallest absolute Gasteiger partial charge is 0.264 e. The lowest BCUT2D eigenvalue weighted by Crippen LogP contribution is -2.41. The number of anilines is 1. The lowest BCUT2D eigenvalue weighted by atomic mass is 9.86. The van der Waals surface area contributed by atoms with Crippen LogP contribution in [-0.4, -0.2) is 26.9 Å². The SMILES string of the molecule is CCN(c1ccsc1C(=O)NC1CCCCC1C)S(=O)(=O)c1ccc(C)cc1. The highest BCUT2D eigenvalue weighted by Crippen LogP contribution is 2.32. The van der Waals surface area contributed by atoms with Gasteiger partial charge in [-0.3, -0.25) is 9.10 Å². The zero-order chi connectivity index (χ0) is 20.3. The van der Waals surface area contributed by atoms with Crippen molar-refractivity contribution in [2.24, 2.45) is 5.92 Å². The van der Waals surface area contributed by atoms with Crippen molar-refractivity contribution in [2.45, 2.75) is 57.4 Å². The van der Waals surface area contributed by atoms with Gasteiger partial charge in [0.1, 0.15) is 4.88 Å². The molecule has 2 unspecified atom stereocenters. The first-order chi connectivity index (χ1) is 13.3. The minimum Gasteiger partial charge on any atom is -0.348 e. The number of carbonyl (C=O) groups excluding carboxylic acids is 1. The number of benzene rings is 1. The Morgan fingerprint density at radius 2 is 1.86 bits per heavy atom. The Morgan fingerprint density at radius 1 is 1.18 bits per heavy atom. The summed E-state index contributed by atoms with van der Waals surface area (Å²) in [5.74, 6) is 0.265. The summed E-state index contributed by atoms with van der Waals surface area (Å²) in [5.41, 5.74) is 1.45. The molecule has 152 valence electrons. The largest absolute Gasteiger partial charge is 0.348 e. The summed E-state index contributed by atoms with van der Waals surface area (Å²) < 4.78 is 27.7. The maximum atomic E-state index is 13.2. The standard InChI is InChI=1S/C21H28N2O3S2/c1-4-23(28(25,26)17-11-9-15(2)10-12-17)19-13-14-27-20(19)21(24)22-18-8-6-5-7-16(18)3/h9-14,16,18H,4-8H2,1-3H3,(H,22,24). The first kappa shape index (κ1) is 20.9. The molecule has 2 aromatic rings. The number of hydrogen-bond donors (Lipinski definition) is 1. The second-order valence-electron chi connectivity index (χ2n) is 7.46. The van der Waals surface area contributed by atoms with Crippen molar-refractivity contribution in [2.75, 3.05) is 10.8 Å². The van der Waals surface area contributed by atoms with Crippen LogP contribution in [-0.2, 0) is 10.0 Å². The van der Waals surface area contributed by atoms with Gasteiger partial charge in [-0.05, 0) is 56.2 Å². The number of sulfonamides is 1. The van der Waals surface area contributed by atoms with Crippen LogP contribution in [0.3, 0.4) is 0 Å². The van der Waals surface area contributed by atoms with E-state index < -0.39 is 10.0 Å². The Kier molecular flexibility index (Phi) is 6.45. The molecule has 0 radical (unpaired) electrons. The van der Waals surface area contributed by atoms with Crippen molar-refractivity contribution in [1.82, 2.24) is 5.32 Å². The maximum absolute atomic E-state index is 13.2. The van der Waals surface area contributed by atoms with E-state index in [2.05, 4.69) is 12.2 Å². The molecule has 3 rings (SSSR count). The summed E-state index contributed by atoms with van der Waals surface area (Å²) in [6.07, 6.45) is 4.42. The van der Waals surface area contributed by atoms with Crippen LogP contribution in [0.5, 0.6) is 0 Å². The molecule has 1 aromatic heterocycles. The fourth-order valence-corrected chi connectivity index (χ4v) is 6.08. The molecule has 2 atom stereocenters. The number of thiophene rings is 1. The predicted molar refractivity (Wildman–Crippen MR) is 115 cm³/mol. The third-order valence-corrected chi connectivity index (χ3v) is 8.25. The Labute approximate surface area is 171 Å². The van der Waals surface area contributed by atoms with Crippen molar-refractivity contribution in [3.8, 4) is 0 Å². The van der Waals surface area contributed by atoms with Gasteiger partial charge in [-0.25, -0.2) is 8.42 Å². The first-order valence-corrected chi connectivity index (χ1v) is 12.1. The molecule has 1 aliphatic carbocycles. The molecule has 0 saturated heterocycles. The molecule has 0 spiro atoms. The molecule has 28 heavy (non-hydrogen) atoms. The van der Waals surface area contributed by atoms with Crippen molar-refractivity contribution in [1.29, 1.82) is 0 Å². The highest BCUT2D eigenvalue weighted by molar-refractivity contribution is 7.92. The number of rotatable bonds is 6. The van der Waals surface area contributed by atoms with Crippen LogP contribution in [0.25, 0.3) is 0 Å². The molecule has 1 N–H and O–H groups in total. The van der Waals surface area contributed by atoms with Gasteiger partial charge in [-0.15, -0.1) is 11.3 Å². The molecule has 5 nitrogen and oxygen atoms in total. The van der Waals surface area contributed by atoms with Crippen molar-refractivity contribution in [3.63, 3.8) is 0 Å². The van der Waals surface area contributed by atoms with Crippen LogP contribution in [0.2, 0.25) is 0 Å². The van der Waals surface area contributed by atoms with E-state index in [1.807, 2.05) is 6.92 Å². The Hall–Kier alpha value is -1.86. The van der Waals surface area contributed by atoms with Gasteiger partial charge in [0.05, 0.1) is 10.6 Å².